The number of hydrogen-bond donors (Lipinski definition) is 1. The second kappa shape index (κ2) is 10.7. The Hall–Kier alpha value is -5.54. The Kier molecular flexibility index (Phi) is 6.61. The number of esters is 1. The lowest BCUT2D eigenvalue weighted by Crippen LogP contribution is -2.21. The molecule has 1 atom stereocenters. The standard InChI is InChI=1S/C34H24N2O4/c35-20-30-32(24-13-15-25(16-14-24)38-21-22-7-2-1-3-8-22)29-18-17-26(19-31(29)40-33(30)36)39-34(37)28-12-6-10-23-9-4-5-11-27(23)28/h1-19,32H,21,36H2. The van der Waals surface area contributed by atoms with Crippen LogP contribution in [0.5, 0.6) is 17.2 Å². The van der Waals surface area contributed by atoms with Gasteiger partial charge in [-0.1, -0.05) is 84.9 Å². The zero-order chi connectivity index (χ0) is 27.5. The van der Waals surface area contributed by atoms with Crippen LogP contribution in [0.4, 0.5) is 0 Å². The average molecular weight is 525 g/mol. The van der Waals surface area contributed by atoms with E-state index in [1.54, 1.807) is 24.3 Å². The molecule has 0 saturated heterocycles. The maximum atomic E-state index is 13.1. The van der Waals surface area contributed by atoms with Crippen molar-refractivity contribution in [2.24, 2.45) is 5.73 Å². The molecule has 1 unspecified atom stereocenters. The van der Waals surface area contributed by atoms with Gasteiger partial charge in [-0.25, -0.2) is 4.79 Å². The molecule has 0 radical (unpaired) electrons. The van der Waals surface area contributed by atoms with Crippen LogP contribution in [0.25, 0.3) is 10.8 Å². The molecule has 0 amide bonds. The number of nitrogens with zero attached hydrogens (tertiary/aromatic N) is 1. The Morgan fingerprint density at radius 3 is 2.38 bits per heavy atom. The third-order valence-corrected chi connectivity index (χ3v) is 6.87. The number of benzene rings is 5. The highest BCUT2D eigenvalue weighted by Gasteiger charge is 2.31. The van der Waals surface area contributed by atoms with Crippen molar-refractivity contribution < 1.29 is 19.0 Å². The zero-order valence-electron chi connectivity index (χ0n) is 21.4. The van der Waals surface area contributed by atoms with Gasteiger partial charge in [0.25, 0.3) is 0 Å². The van der Waals surface area contributed by atoms with Gasteiger partial charge in [-0.15, -0.1) is 0 Å². The van der Waals surface area contributed by atoms with Crippen molar-refractivity contribution in [1.82, 2.24) is 0 Å². The molecule has 0 bridgehead atoms. The Labute approximate surface area is 231 Å². The molecule has 1 aliphatic rings. The van der Waals surface area contributed by atoms with Crippen LogP contribution < -0.4 is 19.9 Å². The Balaban J connectivity index is 1.26. The van der Waals surface area contributed by atoms with Crippen LogP contribution in [0.1, 0.15) is 33.0 Å². The highest BCUT2D eigenvalue weighted by atomic mass is 16.5. The molecule has 5 aromatic rings. The van der Waals surface area contributed by atoms with Gasteiger partial charge in [0, 0.05) is 11.6 Å². The van der Waals surface area contributed by atoms with Crippen LogP contribution in [0.15, 0.2) is 127 Å². The van der Waals surface area contributed by atoms with Crippen LogP contribution in [0, 0.1) is 11.3 Å². The number of fused-ring (bicyclic) bond motifs is 2. The largest absolute Gasteiger partial charge is 0.489 e. The van der Waals surface area contributed by atoms with Crippen molar-refractivity contribution in [2.45, 2.75) is 12.5 Å². The van der Waals surface area contributed by atoms with Crippen molar-refractivity contribution in [3.8, 4) is 23.3 Å². The number of nitrogens with two attached hydrogens (primary N) is 1. The molecular weight excluding hydrogens is 500 g/mol. The summed E-state index contributed by atoms with van der Waals surface area (Å²) in [5.74, 6) is 0.548. The number of rotatable bonds is 6. The second-order valence-electron chi connectivity index (χ2n) is 9.38. The lowest BCUT2D eigenvalue weighted by atomic mass is 9.83. The Morgan fingerprint density at radius 1 is 0.850 bits per heavy atom. The lowest BCUT2D eigenvalue weighted by molar-refractivity contribution is 0.0736. The first kappa shape index (κ1) is 24.8. The number of allylic oxidation sites excluding steroid dienone is 1. The molecule has 6 rings (SSSR count). The number of carbonyl (C=O) groups is 1. The minimum Gasteiger partial charge on any atom is -0.489 e. The summed E-state index contributed by atoms with van der Waals surface area (Å²) in [5.41, 5.74) is 9.64. The predicted molar refractivity (Wildman–Crippen MR) is 152 cm³/mol. The maximum Gasteiger partial charge on any atom is 0.344 e. The molecule has 40 heavy (non-hydrogen) atoms. The van der Waals surface area contributed by atoms with E-state index in [2.05, 4.69) is 6.07 Å². The third kappa shape index (κ3) is 4.84. The number of ether oxygens (including phenoxy) is 3. The Bertz CT molecular complexity index is 1780. The van der Waals surface area contributed by atoms with Gasteiger partial charge in [-0.05, 0) is 46.2 Å². The quantitative estimate of drug-likeness (QED) is 0.193. The van der Waals surface area contributed by atoms with Crippen molar-refractivity contribution in [1.29, 1.82) is 5.26 Å². The minimum absolute atomic E-state index is 0.0157. The van der Waals surface area contributed by atoms with Crippen molar-refractivity contribution in [3.63, 3.8) is 0 Å². The van der Waals surface area contributed by atoms with Gasteiger partial charge in [0.1, 0.15) is 35.5 Å². The molecule has 6 heteroatoms. The number of carbonyl (C=O) groups excluding carboxylic acids is 1. The summed E-state index contributed by atoms with van der Waals surface area (Å²) >= 11 is 0. The van der Waals surface area contributed by atoms with Gasteiger partial charge in [0.2, 0.25) is 5.88 Å². The van der Waals surface area contributed by atoms with Crippen LogP contribution in [0.2, 0.25) is 0 Å². The fourth-order valence-electron chi connectivity index (χ4n) is 4.90. The van der Waals surface area contributed by atoms with Gasteiger partial charge in [-0.2, -0.15) is 5.26 Å². The van der Waals surface area contributed by atoms with E-state index >= 15 is 0 Å². The predicted octanol–water partition coefficient (Wildman–Crippen LogP) is 6.86. The van der Waals surface area contributed by atoms with Crippen LogP contribution >= 0.6 is 0 Å². The summed E-state index contributed by atoms with van der Waals surface area (Å²) in [5, 5.41) is 11.7. The van der Waals surface area contributed by atoms with Crippen molar-refractivity contribution in [3.05, 3.63) is 149 Å². The SMILES string of the molecule is N#CC1=C(N)Oc2cc(OC(=O)c3cccc4ccccc34)ccc2C1c1ccc(OCc2ccccc2)cc1. The molecule has 0 fully saturated rings. The summed E-state index contributed by atoms with van der Waals surface area (Å²) < 4.78 is 17.5. The van der Waals surface area contributed by atoms with Gasteiger partial charge < -0.3 is 19.9 Å². The van der Waals surface area contributed by atoms with Crippen molar-refractivity contribution in [2.75, 3.05) is 0 Å². The highest BCUT2D eigenvalue weighted by molar-refractivity contribution is 6.05. The summed E-state index contributed by atoms with van der Waals surface area (Å²) in [6.45, 7) is 0.455. The monoisotopic (exact) mass is 524 g/mol. The molecule has 0 aromatic heterocycles. The smallest absolute Gasteiger partial charge is 0.344 e. The van der Waals surface area contributed by atoms with E-state index < -0.39 is 11.9 Å². The molecule has 6 nitrogen and oxygen atoms in total. The molecule has 1 aliphatic heterocycles. The van der Waals surface area contributed by atoms with Crippen molar-refractivity contribution >= 4 is 16.7 Å². The van der Waals surface area contributed by atoms with E-state index in [-0.39, 0.29) is 5.88 Å². The third-order valence-electron chi connectivity index (χ3n) is 6.87. The van der Waals surface area contributed by atoms with E-state index in [1.807, 2.05) is 91.0 Å². The molecule has 194 valence electrons. The van der Waals surface area contributed by atoms with E-state index in [1.165, 1.54) is 0 Å². The molecule has 0 saturated carbocycles. The Morgan fingerprint density at radius 2 is 1.57 bits per heavy atom. The average Bonchev–Trinajstić information content (AvgIpc) is 3.00. The van der Waals surface area contributed by atoms with Gasteiger partial charge in [-0.3, -0.25) is 0 Å². The maximum absolute atomic E-state index is 13.1. The van der Waals surface area contributed by atoms with E-state index in [0.29, 0.717) is 35.0 Å². The zero-order valence-corrected chi connectivity index (χ0v) is 21.4. The number of hydrogen-bond acceptors (Lipinski definition) is 6. The van der Waals surface area contributed by atoms with Gasteiger partial charge in [0.15, 0.2) is 0 Å². The molecule has 1 heterocycles. The molecular formula is C34H24N2O4. The van der Waals surface area contributed by atoms with Crippen LogP contribution in [-0.4, -0.2) is 5.97 Å². The lowest BCUT2D eigenvalue weighted by Gasteiger charge is -2.27. The van der Waals surface area contributed by atoms with Gasteiger partial charge in [0.05, 0.1) is 11.5 Å². The van der Waals surface area contributed by atoms with Crippen LogP contribution in [-0.2, 0) is 6.61 Å². The highest BCUT2D eigenvalue weighted by Crippen LogP contribution is 2.43. The second-order valence-corrected chi connectivity index (χ2v) is 9.38. The first-order valence-electron chi connectivity index (χ1n) is 12.8. The first-order valence-corrected chi connectivity index (χ1v) is 12.8. The summed E-state index contributed by atoms with van der Waals surface area (Å²) in [6, 6.07) is 38.0. The molecule has 0 aliphatic carbocycles. The summed E-state index contributed by atoms with van der Waals surface area (Å²) in [7, 11) is 0. The normalized spacial score (nSPS) is 14.1. The first-order chi connectivity index (χ1) is 19.6. The van der Waals surface area contributed by atoms with Gasteiger partial charge >= 0.3 is 5.97 Å². The summed E-state index contributed by atoms with van der Waals surface area (Å²) in [4.78, 5) is 13.1. The van der Waals surface area contributed by atoms with E-state index in [9.17, 15) is 10.1 Å². The van der Waals surface area contributed by atoms with E-state index in [4.69, 9.17) is 19.9 Å². The molecule has 0 spiro atoms. The van der Waals surface area contributed by atoms with E-state index in [0.717, 1.165) is 27.5 Å². The minimum atomic E-state index is -0.476. The fraction of sp³-hybridized carbons (Fsp3) is 0.0588. The fourth-order valence-corrected chi connectivity index (χ4v) is 4.90. The van der Waals surface area contributed by atoms with Crippen LogP contribution in [0.3, 0.4) is 0 Å². The summed E-state index contributed by atoms with van der Waals surface area (Å²) in [6.07, 6.45) is 0. The molecule has 5 aromatic carbocycles. The topological polar surface area (TPSA) is 94.6 Å². The number of nitriles is 1. The molecule has 2 N–H and O–H groups in total.